The third-order valence-electron chi connectivity index (χ3n) is 5.18. The molecule has 1 saturated heterocycles. The maximum absolute atomic E-state index is 12.9. The van der Waals surface area contributed by atoms with Gasteiger partial charge in [0.05, 0.1) is 22.1 Å². The maximum Gasteiger partial charge on any atom is 0.295 e. The van der Waals surface area contributed by atoms with Gasteiger partial charge < -0.3 is 20.0 Å². The Labute approximate surface area is 189 Å². The first-order valence-corrected chi connectivity index (χ1v) is 10.2. The summed E-state index contributed by atoms with van der Waals surface area (Å²) in [6, 6.07) is 8.43. The van der Waals surface area contributed by atoms with Crippen LogP contribution in [0.15, 0.2) is 48.0 Å². The number of hydrogen-bond acceptors (Lipinski definition) is 7. The summed E-state index contributed by atoms with van der Waals surface area (Å²) in [5.41, 5.74) is -0.0320. The Kier molecular flexibility index (Phi) is 6.81. The molecule has 2 aromatic carbocycles. The smallest absolute Gasteiger partial charge is 0.295 e. The van der Waals surface area contributed by atoms with E-state index in [1.165, 1.54) is 47.4 Å². The standard InChI is InChI=1S/C22H22ClN3O6/c1-24(2)10-3-11-25-19(13-4-7-15(8-5-13)26(31)32)18(21(29)22(25)30)20(28)16-12-14(23)6-9-17(16)27/h4-9,12,19,27-28H,3,10-11H2,1-2H3/t19-/m1/s1. The van der Waals surface area contributed by atoms with Gasteiger partial charge in [-0.05, 0) is 63.0 Å². The van der Waals surface area contributed by atoms with E-state index in [1.54, 1.807) is 0 Å². The number of Topliss-reactive ketones (excluding diaryl/α,β-unsaturated/α-hetero) is 1. The van der Waals surface area contributed by atoms with Crippen LogP contribution in [0, 0.1) is 10.1 Å². The van der Waals surface area contributed by atoms with Gasteiger partial charge in [-0.2, -0.15) is 0 Å². The minimum Gasteiger partial charge on any atom is -0.507 e. The summed E-state index contributed by atoms with van der Waals surface area (Å²) in [5, 5.41) is 32.4. The lowest BCUT2D eigenvalue weighted by Gasteiger charge is -2.26. The third-order valence-corrected chi connectivity index (χ3v) is 5.41. The predicted octanol–water partition coefficient (Wildman–Crippen LogP) is 3.33. The topological polar surface area (TPSA) is 124 Å². The zero-order valence-electron chi connectivity index (χ0n) is 17.5. The van der Waals surface area contributed by atoms with Crippen molar-refractivity contribution in [1.82, 2.24) is 9.80 Å². The average molecular weight is 460 g/mol. The average Bonchev–Trinajstić information content (AvgIpc) is 2.99. The number of non-ortho nitro benzene ring substituents is 1. The Morgan fingerprint density at radius 2 is 1.84 bits per heavy atom. The van der Waals surface area contributed by atoms with Gasteiger partial charge >= 0.3 is 0 Å². The first-order valence-electron chi connectivity index (χ1n) is 9.78. The molecule has 1 heterocycles. The van der Waals surface area contributed by atoms with Crippen LogP contribution in [0.2, 0.25) is 5.02 Å². The van der Waals surface area contributed by atoms with Gasteiger partial charge in [0.1, 0.15) is 11.5 Å². The number of phenolic OH excluding ortho intramolecular Hbond substituents is 1. The number of aromatic hydroxyl groups is 1. The van der Waals surface area contributed by atoms with Crippen molar-refractivity contribution < 1.29 is 24.7 Å². The van der Waals surface area contributed by atoms with Gasteiger partial charge in [0.25, 0.3) is 17.4 Å². The second-order valence-electron chi connectivity index (χ2n) is 7.66. The van der Waals surface area contributed by atoms with E-state index in [-0.39, 0.29) is 34.1 Å². The van der Waals surface area contributed by atoms with Crippen LogP contribution < -0.4 is 0 Å². The summed E-state index contributed by atoms with van der Waals surface area (Å²) < 4.78 is 0. The molecule has 9 nitrogen and oxygen atoms in total. The molecule has 10 heteroatoms. The number of carbonyl (C=O) groups is 2. The summed E-state index contributed by atoms with van der Waals surface area (Å²) in [6.07, 6.45) is 0.561. The van der Waals surface area contributed by atoms with Crippen molar-refractivity contribution in [2.45, 2.75) is 12.5 Å². The van der Waals surface area contributed by atoms with Crippen molar-refractivity contribution in [3.63, 3.8) is 0 Å². The van der Waals surface area contributed by atoms with Crippen molar-refractivity contribution >= 4 is 34.7 Å². The van der Waals surface area contributed by atoms with Gasteiger partial charge in [-0.25, -0.2) is 0 Å². The fourth-order valence-corrected chi connectivity index (χ4v) is 3.81. The Balaban J connectivity index is 2.14. The van der Waals surface area contributed by atoms with Crippen LogP contribution in [0.1, 0.15) is 23.6 Å². The number of nitro groups is 1. The van der Waals surface area contributed by atoms with Crippen LogP contribution in [0.5, 0.6) is 5.75 Å². The fraction of sp³-hybridized carbons (Fsp3) is 0.273. The quantitative estimate of drug-likeness (QED) is 0.214. The summed E-state index contributed by atoms with van der Waals surface area (Å²) in [5.74, 6) is -2.58. The molecule has 0 spiro atoms. The van der Waals surface area contributed by atoms with E-state index in [9.17, 15) is 29.9 Å². The van der Waals surface area contributed by atoms with E-state index in [0.717, 1.165) is 0 Å². The van der Waals surface area contributed by atoms with Crippen molar-refractivity contribution in [2.75, 3.05) is 27.2 Å². The highest BCUT2D eigenvalue weighted by molar-refractivity contribution is 6.46. The molecule has 1 atom stereocenters. The van der Waals surface area contributed by atoms with Crippen LogP contribution >= 0.6 is 11.6 Å². The molecule has 3 rings (SSSR count). The molecule has 1 amide bonds. The Morgan fingerprint density at radius 1 is 1.19 bits per heavy atom. The Morgan fingerprint density at radius 3 is 2.44 bits per heavy atom. The van der Waals surface area contributed by atoms with Gasteiger partial charge in [0, 0.05) is 23.7 Å². The van der Waals surface area contributed by atoms with Crippen molar-refractivity contribution in [3.05, 3.63) is 74.3 Å². The van der Waals surface area contributed by atoms with Gasteiger partial charge in [0.2, 0.25) is 0 Å². The number of phenols is 1. The van der Waals surface area contributed by atoms with E-state index >= 15 is 0 Å². The number of hydrogen-bond donors (Lipinski definition) is 2. The van der Waals surface area contributed by atoms with Crippen LogP contribution in [0.3, 0.4) is 0 Å². The van der Waals surface area contributed by atoms with Crippen LogP contribution in [0.4, 0.5) is 5.69 Å². The van der Waals surface area contributed by atoms with Crippen molar-refractivity contribution in [1.29, 1.82) is 0 Å². The van der Waals surface area contributed by atoms with E-state index in [4.69, 9.17) is 11.6 Å². The summed E-state index contributed by atoms with van der Waals surface area (Å²) in [6.45, 7) is 0.883. The molecule has 0 aromatic heterocycles. The zero-order valence-corrected chi connectivity index (χ0v) is 18.2. The number of nitro benzene ring substituents is 1. The molecule has 2 N–H and O–H groups in total. The van der Waals surface area contributed by atoms with E-state index in [0.29, 0.717) is 18.5 Å². The number of benzene rings is 2. The zero-order chi connectivity index (χ0) is 23.6. The first-order chi connectivity index (χ1) is 15.1. The molecule has 168 valence electrons. The number of aliphatic hydroxyl groups is 1. The largest absolute Gasteiger partial charge is 0.507 e. The Bertz CT molecular complexity index is 1100. The SMILES string of the molecule is CN(C)CCCN1C(=O)C(=O)C(=C(O)c2cc(Cl)ccc2O)[C@H]1c1ccc([N+](=O)[O-])cc1. The van der Waals surface area contributed by atoms with E-state index in [1.807, 2.05) is 19.0 Å². The molecule has 1 aliphatic rings. The second-order valence-corrected chi connectivity index (χ2v) is 8.10. The number of amides is 1. The molecule has 0 aliphatic carbocycles. The second kappa shape index (κ2) is 9.37. The number of aliphatic hydroxyl groups excluding tert-OH is 1. The summed E-state index contributed by atoms with van der Waals surface area (Å²) >= 11 is 5.98. The molecule has 1 aliphatic heterocycles. The van der Waals surface area contributed by atoms with Crippen molar-refractivity contribution in [3.8, 4) is 5.75 Å². The molecule has 1 fully saturated rings. The minimum atomic E-state index is -0.976. The molecule has 0 unspecified atom stereocenters. The molecular formula is C22H22ClN3O6. The van der Waals surface area contributed by atoms with Gasteiger partial charge in [-0.3, -0.25) is 19.7 Å². The lowest BCUT2D eigenvalue weighted by molar-refractivity contribution is -0.384. The lowest BCUT2D eigenvalue weighted by Crippen LogP contribution is -2.32. The Hall–Kier alpha value is -3.43. The van der Waals surface area contributed by atoms with E-state index < -0.39 is 28.4 Å². The third kappa shape index (κ3) is 4.58. The summed E-state index contributed by atoms with van der Waals surface area (Å²) in [4.78, 5) is 39.5. The number of rotatable bonds is 7. The van der Waals surface area contributed by atoms with Gasteiger partial charge in [0.15, 0.2) is 0 Å². The molecule has 2 aromatic rings. The maximum atomic E-state index is 12.9. The van der Waals surface area contributed by atoms with E-state index in [2.05, 4.69) is 0 Å². The normalized spacial score (nSPS) is 17.9. The highest BCUT2D eigenvalue weighted by atomic mass is 35.5. The highest BCUT2D eigenvalue weighted by Gasteiger charge is 2.46. The molecule has 32 heavy (non-hydrogen) atoms. The predicted molar refractivity (Wildman–Crippen MR) is 118 cm³/mol. The molecule has 0 bridgehead atoms. The number of likely N-dealkylation sites (tertiary alicyclic amines) is 1. The number of nitrogens with zero attached hydrogens (tertiary/aromatic N) is 3. The monoisotopic (exact) mass is 459 g/mol. The molecular weight excluding hydrogens is 438 g/mol. The van der Waals surface area contributed by atoms with Crippen LogP contribution in [-0.2, 0) is 9.59 Å². The van der Waals surface area contributed by atoms with Gasteiger partial charge in [-0.1, -0.05) is 11.6 Å². The minimum absolute atomic E-state index is 0.0873. The van der Waals surface area contributed by atoms with Gasteiger partial charge in [-0.15, -0.1) is 0 Å². The number of halogens is 1. The van der Waals surface area contributed by atoms with Crippen molar-refractivity contribution in [2.24, 2.45) is 0 Å². The highest BCUT2D eigenvalue weighted by Crippen LogP contribution is 2.41. The number of carbonyl (C=O) groups excluding carboxylic acids is 2. The summed E-state index contributed by atoms with van der Waals surface area (Å²) in [7, 11) is 3.76. The van der Waals surface area contributed by atoms with Crippen LogP contribution in [0.25, 0.3) is 5.76 Å². The molecule has 0 radical (unpaired) electrons. The van der Waals surface area contributed by atoms with Crippen LogP contribution in [-0.4, -0.2) is 63.8 Å². The molecule has 0 saturated carbocycles. The fourth-order valence-electron chi connectivity index (χ4n) is 3.64. The number of ketones is 1. The first kappa shape index (κ1) is 23.2. The lowest BCUT2D eigenvalue weighted by atomic mass is 9.95.